The molecule has 0 saturated heterocycles. The predicted octanol–water partition coefficient (Wildman–Crippen LogP) is 18.8. The number of carbonyl (C=O) groups is 2. The number of allylic oxidation sites excluding steroid dienone is 5. The molecule has 6 nitrogen and oxygen atoms in total. The van der Waals surface area contributed by atoms with E-state index in [0.29, 0.717) is 19.4 Å². The molecule has 0 spiro atoms. The van der Waals surface area contributed by atoms with Gasteiger partial charge in [0.1, 0.15) is 0 Å². The van der Waals surface area contributed by atoms with Gasteiger partial charge in [-0.25, -0.2) is 0 Å². The van der Waals surface area contributed by atoms with Crippen molar-refractivity contribution in [2.24, 2.45) is 0 Å². The number of amides is 1. The van der Waals surface area contributed by atoms with Crippen molar-refractivity contribution in [3.05, 3.63) is 36.5 Å². The van der Waals surface area contributed by atoms with Crippen LogP contribution in [0.25, 0.3) is 0 Å². The topological polar surface area (TPSA) is 95.9 Å². The van der Waals surface area contributed by atoms with E-state index in [2.05, 4.69) is 43.5 Å². The second-order valence-electron chi connectivity index (χ2n) is 20.7. The number of unbranched alkanes of at least 4 members (excludes halogenated alkanes) is 42. The Morgan fingerprint density at radius 2 is 0.721 bits per heavy atom. The van der Waals surface area contributed by atoms with Gasteiger partial charge in [0.25, 0.3) is 0 Å². The molecule has 68 heavy (non-hydrogen) atoms. The van der Waals surface area contributed by atoms with E-state index in [0.717, 1.165) is 77.0 Å². The zero-order chi connectivity index (χ0) is 49.3. The Kier molecular flexibility index (Phi) is 56.0. The molecule has 0 bridgehead atoms. The average molecular weight is 957 g/mol. The molecule has 400 valence electrons. The highest BCUT2D eigenvalue weighted by Crippen LogP contribution is 2.17. The molecule has 0 saturated carbocycles. The molecule has 1 amide bonds. The molecule has 0 aliphatic rings. The summed E-state index contributed by atoms with van der Waals surface area (Å²) in [5.41, 5.74) is 0. The minimum Gasteiger partial charge on any atom is -0.466 e. The van der Waals surface area contributed by atoms with Crippen molar-refractivity contribution in [1.29, 1.82) is 0 Å². The molecule has 2 unspecified atom stereocenters. The van der Waals surface area contributed by atoms with Crippen molar-refractivity contribution in [3.8, 4) is 0 Å². The fourth-order valence-electron chi connectivity index (χ4n) is 9.27. The Morgan fingerprint density at radius 1 is 0.412 bits per heavy atom. The molecular formula is C62H117NO5. The van der Waals surface area contributed by atoms with Crippen molar-refractivity contribution in [2.45, 2.75) is 334 Å². The van der Waals surface area contributed by atoms with Gasteiger partial charge in [0, 0.05) is 12.8 Å². The zero-order valence-electron chi connectivity index (χ0n) is 45.6. The van der Waals surface area contributed by atoms with Crippen LogP contribution in [-0.4, -0.2) is 47.4 Å². The van der Waals surface area contributed by atoms with E-state index in [1.165, 1.54) is 218 Å². The zero-order valence-corrected chi connectivity index (χ0v) is 45.6. The Morgan fingerprint density at radius 3 is 1.09 bits per heavy atom. The van der Waals surface area contributed by atoms with Crippen molar-refractivity contribution in [3.63, 3.8) is 0 Å². The van der Waals surface area contributed by atoms with E-state index in [9.17, 15) is 19.8 Å². The SMILES string of the molecule is CCCCCCCCCCCCCCCCCCCC/C=C/C(O)C(CO)NC(=O)CCCCCCCCCCCC/C=C\C=C/CCCCCOC(=O)CCCCCCCCCCCCCC. The molecule has 0 heterocycles. The molecule has 0 fully saturated rings. The lowest BCUT2D eigenvalue weighted by Gasteiger charge is -2.20. The van der Waals surface area contributed by atoms with Crippen LogP contribution >= 0.6 is 0 Å². The van der Waals surface area contributed by atoms with Gasteiger partial charge in [-0.2, -0.15) is 0 Å². The van der Waals surface area contributed by atoms with E-state index in [-0.39, 0.29) is 18.5 Å². The number of ether oxygens (including phenoxy) is 1. The number of carbonyl (C=O) groups excluding carboxylic acids is 2. The molecule has 0 aliphatic carbocycles. The van der Waals surface area contributed by atoms with Gasteiger partial charge < -0.3 is 20.3 Å². The second-order valence-corrected chi connectivity index (χ2v) is 20.7. The maximum absolute atomic E-state index is 12.5. The van der Waals surface area contributed by atoms with E-state index in [1.807, 2.05) is 6.08 Å². The molecule has 2 atom stereocenters. The molecule has 0 radical (unpaired) electrons. The Labute approximate surface area is 424 Å². The molecular weight excluding hydrogens is 839 g/mol. The summed E-state index contributed by atoms with van der Waals surface area (Å²) in [4.78, 5) is 24.5. The summed E-state index contributed by atoms with van der Waals surface area (Å²) in [5, 5.41) is 23.2. The van der Waals surface area contributed by atoms with Gasteiger partial charge in [-0.15, -0.1) is 0 Å². The molecule has 0 aromatic heterocycles. The minimum absolute atomic E-state index is 0.0134. The fraction of sp³-hybridized carbons (Fsp3) is 0.871. The summed E-state index contributed by atoms with van der Waals surface area (Å²) in [6, 6.07) is -0.636. The third-order valence-corrected chi connectivity index (χ3v) is 13.9. The van der Waals surface area contributed by atoms with Crippen LogP contribution in [0.1, 0.15) is 322 Å². The summed E-state index contributed by atoms with van der Waals surface area (Å²) in [5.74, 6) is -0.0890. The van der Waals surface area contributed by atoms with E-state index in [4.69, 9.17) is 4.74 Å². The maximum atomic E-state index is 12.5. The lowest BCUT2D eigenvalue weighted by molar-refractivity contribution is -0.143. The van der Waals surface area contributed by atoms with Gasteiger partial charge in [-0.05, 0) is 64.2 Å². The van der Waals surface area contributed by atoms with Gasteiger partial charge in [0.15, 0.2) is 0 Å². The predicted molar refractivity (Wildman–Crippen MR) is 296 cm³/mol. The van der Waals surface area contributed by atoms with Crippen LogP contribution in [0.2, 0.25) is 0 Å². The monoisotopic (exact) mass is 956 g/mol. The minimum atomic E-state index is -0.852. The summed E-state index contributed by atoms with van der Waals surface area (Å²) < 4.78 is 5.44. The lowest BCUT2D eigenvalue weighted by atomic mass is 10.0. The van der Waals surface area contributed by atoms with Crippen LogP contribution in [0.15, 0.2) is 36.5 Å². The standard InChI is InChI=1S/C62H117NO5/c1-3-5-7-9-11-13-15-17-18-19-20-22-25-28-31-34-38-42-46-50-54-60(65)59(58-64)63-61(66)55-51-47-43-39-35-32-29-26-23-21-24-27-30-33-37-41-45-49-53-57-68-62(67)56-52-48-44-40-36-16-14-12-10-8-6-4-2/h27,30,33,37,50,54,59-60,64-65H,3-26,28-29,31-32,34-36,38-49,51-53,55-58H2,1-2H3,(H,63,66)/b30-27-,37-33-,54-50+. The van der Waals surface area contributed by atoms with Crippen molar-refractivity contribution < 1.29 is 24.5 Å². The summed E-state index contributed by atoms with van der Waals surface area (Å²) in [7, 11) is 0. The first-order chi connectivity index (χ1) is 33.5. The molecule has 0 aromatic rings. The van der Waals surface area contributed by atoms with E-state index in [1.54, 1.807) is 6.08 Å². The second kappa shape index (κ2) is 57.7. The summed E-state index contributed by atoms with van der Waals surface area (Å²) in [6.07, 6.45) is 71.7. The smallest absolute Gasteiger partial charge is 0.305 e. The van der Waals surface area contributed by atoms with Gasteiger partial charge in [-0.3, -0.25) is 9.59 Å². The quantitative estimate of drug-likeness (QED) is 0.0244. The van der Waals surface area contributed by atoms with Gasteiger partial charge >= 0.3 is 5.97 Å². The molecule has 0 aliphatic heterocycles. The first-order valence-corrected chi connectivity index (χ1v) is 30.3. The largest absolute Gasteiger partial charge is 0.466 e. The van der Waals surface area contributed by atoms with Crippen LogP contribution in [0.4, 0.5) is 0 Å². The Balaban J connectivity index is 3.51. The van der Waals surface area contributed by atoms with E-state index < -0.39 is 12.1 Å². The van der Waals surface area contributed by atoms with Crippen LogP contribution < -0.4 is 5.32 Å². The van der Waals surface area contributed by atoms with Gasteiger partial charge in [0.2, 0.25) is 5.91 Å². The van der Waals surface area contributed by atoms with Crippen LogP contribution in [0.5, 0.6) is 0 Å². The fourth-order valence-corrected chi connectivity index (χ4v) is 9.27. The first-order valence-electron chi connectivity index (χ1n) is 30.3. The van der Waals surface area contributed by atoms with Crippen molar-refractivity contribution in [2.75, 3.05) is 13.2 Å². The highest BCUT2D eigenvalue weighted by Gasteiger charge is 2.18. The molecule has 6 heteroatoms. The summed E-state index contributed by atoms with van der Waals surface area (Å²) >= 11 is 0. The maximum Gasteiger partial charge on any atom is 0.305 e. The van der Waals surface area contributed by atoms with Crippen molar-refractivity contribution in [1.82, 2.24) is 5.32 Å². The van der Waals surface area contributed by atoms with Crippen LogP contribution in [-0.2, 0) is 14.3 Å². The molecule has 0 rings (SSSR count). The number of rotatable bonds is 56. The number of nitrogens with one attached hydrogen (secondary N) is 1. The van der Waals surface area contributed by atoms with Crippen LogP contribution in [0, 0.1) is 0 Å². The van der Waals surface area contributed by atoms with Crippen molar-refractivity contribution >= 4 is 11.9 Å². The third-order valence-electron chi connectivity index (χ3n) is 13.9. The van der Waals surface area contributed by atoms with Gasteiger partial charge in [0.05, 0.1) is 25.4 Å². The van der Waals surface area contributed by atoms with Crippen LogP contribution in [0.3, 0.4) is 0 Å². The lowest BCUT2D eigenvalue weighted by Crippen LogP contribution is -2.45. The highest BCUT2D eigenvalue weighted by atomic mass is 16.5. The third kappa shape index (κ3) is 53.4. The number of aliphatic hydroxyl groups excluding tert-OH is 2. The Bertz CT molecular complexity index is 1100. The van der Waals surface area contributed by atoms with E-state index >= 15 is 0 Å². The highest BCUT2D eigenvalue weighted by molar-refractivity contribution is 5.76. The summed E-state index contributed by atoms with van der Waals surface area (Å²) in [6.45, 7) is 4.88. The van der Waals surface area contributed by atoms with Gasteiger partial charge in [-0.1, -0.05) is 281 Å². The average Bonchev–Trinajstić information content (AvgIpc) is 3.34. The number of hydrogen-bond donors (Lipinski definition) is 3. The molecule has 3 N–H and O–H groups in total. The Hall–Kier alpha value is -1.92. The number of hydrogen-bond acceptors (Lipinski definition) is 5. The number of esters is 1. The normalized spacial score (nSPS) is 12.8. The first kappa shape index (κ1) is 66.1. The number of aliphatic hydroxyl groups is 2. The molecule has 0 aromatic carbocycles.